The van der Waals surface area contributed by atoms with E-state index in [0.717, 1.165) is 12.0 Å². The third-order valence-corrected chi connectivity index (χ3v) is 5.82. The summed E-state index contributed by atoms with van der Waals surface area (Å²) in [6.07, 6.45) is 3.74. The minimum absolute atomic E-state index is 0.198. The Labute approximate surface area is 143 Å². The van der Waals surface area contributed by atoms with Crippen LogP contribution in [0.2, 0.25) is 5.15 Å². The molecule has 0 aliphatic heterocycles. The average molecular weight is 361 g/mol. The molecule has 1 heterocycles. The molecule has 6 nitrogen and oxygen atoms in total. The predicted molar refractivity (Wildman–Crippen MR) is 95.9 cm³/mol. The second-order valence-electron chi connectivity index (χ2n) is 5.89. The number of halogens is 1. The fraction of sp³-hybridized carbons (Fsp3) is 0.600. The zero-order valence-corrected chi connectivity index (χ0v) is 15.6. The number of guanidine groups is 1. The lowest BCUT2D eigenvalue weighted by atomic mass is 10.2. The van der Waals surface area contributed by atoms with Crippen LogP contribution in [-0.2, 0) is 16.3 Å². The summed E-state index contributed by atoms with van der Waals surface area (Å²) in [5, 5.41) is 6.77. The molecule has 23 heavy (non-hydrogen) atoms. The van der Waals surface area contributed by atoms with E-state index in [0.29, 0.717) is 24.2 Å². The maximum absolute atomic E-state index is 11.7. The Hall–Kier alpha value is -1.34. The van der Waals surface area contributed by atoms with E-state index >= 15 is 0 Å². The van der Waals surface area contributed by atoms with Gasteiger partial charge in [0, 0.05) is 25.5 Å². The van der Waals surface area contributed by atoms with Gasteiger partial charge in [0.15, 0.2) is 15.8 Å². The molecule has 130 valence electrons. The first-order valence-electron chi connectivity index (χ1n) is 7.48. The number of nitrogens with zero attached hydrogens (tertiary/aromatic N) is 2. The summed E-state index contributed by atoms with van der Waals surface area (Å²) in [6, 6.07) is 3.68. The zero-order chi connectivity index (χ0) is 17.5. The minimum atomic E-state index is -3.16. The molecule has 0 saturated heterocycles. The average Bonchev–Trinajstić information content (AvgIpc) is 2.45. The highest BCUT2D eigenvalue weighted by molar-refractivity contribution is 7.92. The second-order valence-corrected chi connectivity index (χ2v) is 8.93. The molecule has 0 amide bonds. The minimum Gasteiger partial charge on any atom is -0.357 e. The molecule has 2 N–H and O–H groups in total. The van der Waals surface area contributed by atoms with Gasteiger partial charge in [-0.3, -0.25) is 4.99 Å². The Bertz CT molecular complexity index is 627. The van der Waals surface area contributed by atoms with Crippen molar-refractivity contribution in [3.8, 4) is 0 Å². The van der Waals surface area contributed by atoms with Crippen molar-refractivity contribution in [1.82, 2.24) is 15.6 Å². The lowest BCUT2D eigenvalue weighted by Gasteiger charge is -2.21. The summed E-state index contributed by atoms with van der Waals surface area (Å²) in [5.41, 5.74) is 1.06. The maximum Gasteiger partial charge on any atom is 0.191 e. The van der Waals surface area contributed by atoms with E-state index in [1.54, 1.807) is 26.1 Å². The molecule has 0 aliphatic carbocycles. The molecule has 8 heteroatoms. The molecular weight excluding hydrogens is 336 g/mol. The Morgan fingerprint density at radius 3 is 2.57 bits per heavy atom. The van der Waals surface area contributed by atoms with Gasteiger partial charge in [-0.2, -0.15) is 0 Å². The lowest BCUT2D eigenvalue weighted by molar-refractivity contribution is 0.554. The summed E-state index contributed by atoms with van der Waals surface area (Å²) < 4.78 is 22.6. The third-order valence-electron chi connectivity index (χ3n) is 3.46. The smallest absolute Gasteiger partial charge is 0.191 e. The van der Waals surface area contributed by atoms with E-state index in [1.165, 1.54) is 6.26 Å². The topological polar surface area (TPSA) is 83.5 Å². The molecule has 0 fully saturated rings. The first kappa shape index (κ1) is 19.7. The van der Waals surface area contributed by atoms with Crippen molar-refractivity contribution in [2.45, 2.75) is 31.9 Å². The molecule has 1 rings (SSSR count). The summed E-state index contributed by atoms with van der Waals surface area (Å²) in [6.45, 7) is 6.87. The van der Waals surface area contributed by atoms with Gasteiger partial charge >= 0.3 is 0 Å². The van der Waals surface area contributed by atoms with Crippen molar-refractivity contribution in [2.24, 2.45) is 4.99 Å². The van der Waals surface area contributed by atoms with E-state index in [9.17, 15) is 8.42 Å². The fourth-order valence-electron chi connectivity index (χ4n) is 1.61. The van der Waals surface area contributed by atoms with Crippen LogP contribution in [0.1, 0.15) is 26.3 Å². The van der Waals surface area contributed by atoms with Crippen LogP contribution in [0.4, 0.5) is 0 Å². The third kappa shape index (κ3) is 6.74. The van der Waals surface area contributed by atoms with Crippen LogP contribution >= 0.6 is 11.6 Å². The highest BCUT2D eigenvalue weighted by Crippen LogP contribution is 2.15. The number of rotatable bonds is 7. The number of sulfone groups is 1. The Balaban J connectivity index is 2.61. The number of hydrogen-bond acceptors (Lipinski definition) is 4. The van der Waals surface area contributed by atoms with Crippen molar-refractivity contribution >= 4 is 27.4 Å². The summed E-state index contributed by atoms with van der Waals surface area (Å²) in [7, 11) is -3.16. The molecule has 0 aromatic carbocycles. The molecule has 0 aliphatic rings. The molecular formula is C15H25ClN4O2S. The summed E-state index contributed by atoms with van der Waals surface area (Å²) in [5.74, 6) is 0.603. The van der Waals surface area contributed by atoms with E-state index in [4.69, 9.17) is 11.6 Å². The zero-order valence-electron chi connectivity index (χ0n) is 14.1. The van der Waals surface area contributed by atoms with Crippen molar-refractivity contribution < 1.29 is 8.42 Å². The number of hydrogen-bond donors (Lipinski definition) is 2. The highest BCUT2D eigenvalue weighted by atomic mass is 35.5. The van der Waals surface area contributed by atoms with E-state index in [-0.39, 0.29) is 6.54 Å². The van der Waals surface area contributed by atoms with Crippen molar-refractivity contribution in [3.05, 3.63) is 29.0 Å². The van der Waals surface area contributed by atoms with Crippen LogP contribution in [0.5, 0.6) is 0 Å². The van der Waals surface area contributed by atoms with Crippen molar-refractivity contribution in [1.29, 1.82) is 0 Å². The number of nitrogens with one attached hydrogen (secondary N) is 2. The van der Waals surface area contributed by atoms with Gasteiger partial charge in [0.2, 0.25) is 0 Å². The predicted octanol–water partition coefficient (Wildman–Crippen LogP) is 1.66. The van der Waals surface area contributed by atoms with Crippen LogP contribution in [0.3, 0.4) is 0 Å². The SMILES string of the molecule is CCNC(=NCC(C)(C)S(C)(=O)=O)NCCc1ccc(Cl)nc1. The molecule has 0 radical (unpaired) electrons. The quantitative estimate of drug-likeness (QED) is 0.439. The monoisotopic (exact) mass is 360 g/mol. The molecule has 0 spiro atoms. The molecule has 0 unspecified atom stereocenters. The van der Waals surface area contributed by atoms with Gasteiger partial charge in [-0.05, 0) is 38.8 Å². The summed E-state index contributed by atoms with van der Waals surface area (Å²) >= 11 is 5.75. The van der Waals surface area contributed by atoms with Crippen LogP contribution in [-0.4, -0.2) is 50.0 Å². The number of aromatic nitrogens is 1. The molecule has 0 atom stereocenters. The van der Waals surface area contributed by atoms with Gasteiger partial charge in [-0.25, -0.2) is 13.4 Å². The van der Waals surface area contributed by atoms with E-state index < -0.39 is 14.6 Å². The number of pyridine rings is 1. The van der Waals surface area contributed by atoms with E-state index in [2.05, 4.69) is 20.6 Å². The Kier molecular flexibility index (Phi) is 7.28. The Morgan fingerprint density at radius 2 is 2.04 bits per heavy atom. The van der Waals surface area contributed by atoms with Gasteiger partial charge < -0.3 is 10.6 Å². The molecule has 1 aromatic heterocycles. The van der Waals surface area contributed by atoms with Crippen LogP contribution in [0.15, 0.2) is 23.3 Å². The normalized spacial score (nSPS) is 13.0. The molecule has 0 saturated carbocycles. The van der Waals surface area contributed by atoms with Gasteiger partial charge in [-0.1, -0.05) is 17.7 Å². The van der Waals surface area contributed by atoms with Gasteiger partial charge in [0.25, 0.3) is 0 Å². The molecule has 0 bridgehead atoms. The Morgan fingerprint density at radius 1 is 1.35 bits per heavy atom. The first-order valence-corrected chi connectivity index (χ1v) is 9.75. The van der Waals surface area contributed by atoms with Gasteiger partial charge in [-0.15, -0.1) is 0 Å². The van der Waals surface area contributed by atoms with Gasteiger partial charge in [0.1, 0.15) is 5.15 Å². The van der Waals surface area contributed by atoms with Crippen LogP contribution in [0, 0.1) is 0 Å². The number of aliphatic imine (C=N–C) groups is 1. The second kappa shape index (κ2) is 8.49. The largest absolute Gasteiger partial charge is 0.357 e. The first-order chi connectivity index (χ1) is 10.7. The fourth-order valence-corrected chi connectivity index (χ4v) is 2.02. The standard InChI is InChI=1S/C15H25ClN4O2S/c1-5-17-14(20-11-15(2,3)23(4,21)22)18-9-8-12-6-7-13(16)19-10-12/h6-7,10H,5,8-9,11H2,1-4H3,(H2,17,18,20). The van der Waals surface area contributed by atoms with Gasteiger partial charge in [0.05, 0.1) is 11.3 Å². The van der Waals surface area contributed by atoms with Crippen molar-refractivity contribution in [2.75, 3.05) is 25.9 Å². The van der Waals surface area contributed by atoms with Crippen molar-refractivity contribution in [3.63, 3.8) is 0 Å². The van der Waals surface area contributed by atoms with E-state index in [1.807, 2.05) is 13.0 Å². The van der Waals surface area contributed by atoms with Crippen LogP contribution < -0.4 is 10.6 Å². The molecule has 1 aromatic rings. The van der Waals surface area contributed by atoms with Crippen LogP contribution in [0.25, 0.3) is 0 Å². The highest BCUT2D eigenvalue weighted by Gasteiger charge is 2.29. The maximum atomic E-state index is 11.7. The lowest BCUT2D eigenvalue weighted by Crippen LogP contribution is -2.41. The summed E-state index contributed by atoms with van der Waals surface area (Å²) in [4.78, 5) is 8.41.